The molecule has 2 atom stereocenters. The Bertz CT molecular complexity index is 1360. The van der Waals surface area contributed by atoms with Crippen LogP contribution in [0.3, 0.4) is 0 Å². The van der Waals surface area contributed by atoms with Gasteiger partial charge in [-0.1, -0.05) is 42.5 Å². The standard InChI is InChI=1S/C25H20N2O5/c1-31-18-12-8-15(9-13-18)20-14-21(16-6-10-17(11-7-16)27(29)30)26-24-23(20)19-4-2-3-5-22(19)32-25(24)28/h2-13,20-21,26H,14H2,1H3/t20-,21-/m1/s1. The zero-order chi connectivity index (χ0) is 22.2. The van der Waals surface area contributed by atoms with Gasteiger partial charge in [0.2, 0.25) is 0 Å². The molecule has 1 aliphatic heterocycles. The van der Waals surface area contributed by atoms with Crippen LogP contribution < -0.4 is 15.7 Å². The number of hydrogen-bond donors (Lipinski definition) is 1. The number of ether oxygens (including phenoxy) is 1. The van der Waals surface area contributed by atoms with Gasteiger partial charge in [-0.05, 0) is 35.7 Å². The van der Waals surface area contributed by atoms with E-state index in [2.05, 4.69) is 5.32 Å². The molecule has 0 spiro atoms. The van der Waals surface area contributed by atoms with Crippen LogP contribution in [0.2, 0.25) is 0 Å². The minimum atomic E-state index is -0.427. The van der Waals surface area contributed by atoms with E-state index in [1.165, 1.54) is 12.1 Å². The van der Waals surface area contributed by atoms with Crippen molar-refractivity contribution in [2.75, 3.05) is 12.4 Å². The molecule has 4 aromatic rings. The first kappa shape index (κ1) is 19.8. The van der Waals surface area contributed by atoms with Gasteiger partial charge in [-0.3, -0.25) is 10.1 Å². The van der Waals surface area contributed by atoms with E-state index in [4.69, 9.17) is 9.15 Å². The van der Waals surface area contributed by atoms with Crippen LogP contribution in [0.1, 0.15) is 35.1 Å². The predicted octanol–water partition coefficient (Wildman–Crippen LogP) is 5.40. The molecule has 0 saturated heterocycles. The van der Waals surface area contributed by atoms with Gasteiger partial charge in [-0.15, -0.1) is 0 Å². The lowest BCUT2D eigenvalue weighted by Gasteiger charge is -2.33. The summed E-state index contributed by atoms with van der Waals surface area (Å²) in [6.45, 7) is 0. The fourth-order valence-corrected chi connectivity index (χ4v) is 4.45. The number of nitrogens with zero attached hydrogens (tertiary/aromatic N) is 1. The van der Waals surface area contributed by atoms with Crippen LogP contribution in [-0.4, -0.2) is 12.0 Å². The zero-order valence-electron chi connectivity index (χ0n) is 17.3. The summed E-state index contributed by atoms with van der Waals surface area (Å²) in [4.78, 5) is 23.6. The number of methoxy groups -OCH3 is 1. The number of anilines is 1. The van der Waals surface area contributed by atoms with Crippen LogP contribution in [0.5, 0.6) is 5.75 Å². The summed E-state index contributed by atoms with van der Waals surface area (Å²) < 4.78 is 10.9. The summed E-state index contributed by atoms with van der Waals surface area (Å²) in [5.74, 6) is 0.679. The molecule has 2 heterocycles. The maximum Gasteiger partial charge on any atom is 0.360 e. The first-order valence-corrected chi connectivity index (χ1v) is 10.3. The van der Waals surface area contributed by atoms with Gasteiger partial charge in [0.15, 0.2) is 0 Å². The van der Waals surface area contributed by atoms with Gasteiger partial charge >= 0.3 is 5.63 Å². The molecule has 7 nitrogen and oxygen atoms in total. The lowest BCUT2D eigenvalue weighted by atomic mass is 9.79. The summed E-state index contributed by atoms with van der Waals surface area (Å²) in [5.41, 5.74) is 3.40. The third-order valence-corrected chi connectivity index (χ3v) is 6.02. The topological polar surface area (TPSA) is 94.6 Å². The molecule has 0 amide bonds. The highest BCUT2D eigenvalue weighted by atomic mass is 16.6. The maximum absolute atomic E-state index is 12.9. The van der Waals surface area contributed by atoms with Crippen molar-refractivity contribution in [1.82, 2.24) is 0 Å². The van der Waals surface area contributed by atoms with Crippen molar-refractivity contribution >= 4 is 22.3 Å². The number of hydrogen-bond acceptors (Lipinski definition) is 6. The normalized spacial score (nSPS) is 17.4. The molecular weight excluding hydrogens is 408 g/mol. The first-order valence-electron chi connectivity index (χ1n) is 10.3. The van der Waals surface area contributed by atoms with Gasteiger partial charge in [0.1, 0.15) is 17.0 Å². The SMILES string of the molecule is COc1ccc([C@H]2C[C@H](c3ccc([N+](=O)[O-])cc3)Nc3c2c2ccccc2oc3=O)cc1. The molecule has 1 N–H and O–H groups in total. The summed E-state index contributed by atoms with van der Waals surface area (Å²) in [6, 6.07) is 21.6. The molecule has 5 rings (SSSR count). The third kappa shape index (κ3) is 3.37. The maximum atomic E-state index is 12.9. The number of nitrogens with one attached hydrogen (secondary N) is 1. The fourth-order valence-electron chi connectivity index (χ4n) is 4.45. The van der Waals surface area contributed by atoms with E-state index in [1.807, 2.05) is 42.5 Å². The largest absolute Gasteiger partial charge is 0.497 e. The Morgan fingerprint density at radius 1 is 1.00 bits per heavy atom. The summed E-state index contributed by atoms with van der Waals surface area (Å²) in [5, 5.41) is 15.3. The molecule has 0 radical (unpaired) electrons. The fraction of sp³-hybridized carbons (Fsp3) is 0.160. The molecule has 160 valence electrons. The van der Waals surface area contributed by atoms with Crippen molar-refractivity contribution in [3.8, 4) is 5.75 Å². The molecule has 7 heteroatoms. The van der Waals surface area contributed by atoms with E-state index in [0.717, 1.165) is 27.8 Å². The first-order chi connectivity index (χ1) is 15.5. The Balaban J connectivity index is 1.66. The van der Waals surface area contributed by atoms with Crippen molar-refractivity contribution in [2.45, 2.75) is 18.4 Å². The molecule has 1 aromatic heterocycles. The number of fused-ring (bicyclic) bond motifs is 3. The lowest BCUT2D eigenvalue weighted by molar-refractivity contribution is -0.384. The van der Waals surface area contributed by atoms with E-state index in [9.17, 15) is 14.9 Å². The van der Waals surface area contributed by atoms with Crippen molar-refractivity contribution < 1.29 is 14.1 Å². The van der Waals surface area contributed by atoms with Gasteiger partial charge in [-0.25, -0.2) is 4.79 Å². The third-order valence-electron chi connectivity index (χ3n) is 6.02. The average molecular weight is 428 g/mol. The van der Waals surface area contributed by atoms with E-state index in [0.29, 0.717) is 17.7 Å². The van der Waals surface area contributed by atoms with Gasteiger partial charge in [-0.2, -0.15) is 0 Å². The van der Waals surface area contributed by atoms with Crippen LogP contribution in [0, 0.1) is 10.1 Å². The van der Waals surface area contributed by atoms with Gasteiger partial charge in [0.25, 0.3) is 5.69 Å². The van der Waals surface area contributed by atoms with E-state index in [-0.39, 0.29) is 17.6 Å². The number of nitro benzene ring substituents is 1. The summed E-state index contributed by atoms with van der Waals surface area (Å²) >= 11 is 0. The van der Waals surface area contributed by atoms with Crippen molar-refractivity contribution in [1.29, 1.82) is 0 Å². The Labute approximate surface area is 183 Å². The molecule has 1 aliphatic rings. The van der Waals surface area contributed by atoms with Crippen LogP contribution in [0.4, 0.5) is 11.4 Å². The molecular formula is C25H20N2O5. The Morgan fingerprint density at radius 3 is 2.38 bits per heavy atom. The minimum absolute atomic E-state index is 0.0298. The van der Waals surface area contributed by atoms with E-state index < -0.39 is 10.5 Å². The van der Waals surface area contributed by atoms with Gasteiger partial charge in [0, 0.05) is 29.0 Å². The number of non-ortho nitro benzene ring substituents is 1. The predicted molar refractivity (Wildman–Crippen MR) is 121 cm³/mol. The molecule has 3 aromatic carbocycles. The van der Waals surface area contributed by atoms with Crippen LogP contribution in [0.15, 0.2) is 82.0 Å². The van der Waals surface area contributed by atoms with Crippen LogP contribution >= 0.6 is 0 Å². The smallest absolute Gasteiger partial charge is 0.360 e. The molecule has 0 aliphatic carbocycles. The molecule has 0 saturated carbocycles. The quantitative estimate of drug-likeness (QED) is 0.266. The summed E-state index contributed by atoms with van der Waals surface area (Å²) in [6.07, 6.45) is 0.671. The van der Waals surface area contributed by atoms with E-state index >= 15 is 0 Å². The zero-order valence-corrected chi connectivity index (χ0v) is 17.3. The molecule has 0 bridgehead atoms. The van der Waals surface area contributed by atoms with Crippen molar-refractivity contribution in [2.24, 2.45) is 0 Å². The number of para-hydroxylation sites is 1. The lowest BCUT2D eigenvalue weighted by Crippen LogP contribution is -2.27. The average Bonchev–Trinajstić information content (AvgIpc) is 2.83. The monoisotopic (exact) mass is 428 g/mol. The number of rotatable bonds is 4. The number of nitro groups is 1. The second-order valence-corrected chi connectivity index (χ2v) is 7.78. The van der Waals surface area contributed by atoms with Gasteiger partial charge < -0.3 is 14.5 Å². The summed E-state index contributed by atoms with van der Waals surface area (Å²) in [7, 11) is 1.62. The second kappa shape index (κ2) is 7.85. The molecule has 0 fully saturated rings. The highest BCUT2D eigenvalue weighted by Gasteiger charge is 2.33. The van der Waals surface area contributed by atoms with Gasteiger partial charge in [0.05, 0.1) is 18.1 Å². The van der Waals surface area contributed by atoms with E-state index in [1.54, 1.807) is 25.3 Å². The molecule has 0 unspecified atom stereocenters. The Hall–Kier alpha value is -4.13. The Morgan fingerprint density at radius 2 is 1.69 bits per heavy atom. The second-order valence-electron chi connectivity index (χ2n) is 7.78. The Kier molecular flexibility index (Phi) is 4.86. The van der Waals surface area contributed by atoms with Crippen LogP contribution in [0.25, 0.3) is 11.0 Å². The minimum Gasteiger partial charge on any atom is -0.497 e. The highest BCUT2D eigenvalue weighted by Crippen LogP contribution is 2.45. The van der Waals surface area contributed by atoms with Crippen molar-refractivity contribution in [3.63, 3.8) is 0 Å². The van der Waals surface area contributed by atoms with Crippen LogP contribution in [-0.2, 0) is 0 Å². The number of benzene rings is 3. The highest BCUT2D eigenvalue weighted by molar-refractivity contribution is 5.86. The van der Waals surface area contributed by atoms with Crippen molar-refractivity contribution in [3.05, 3.63) is 110 Å². The molecule has 32 heavy (non-hydrogen) atoms.